The van der Waals surface area contributed by atoms with Crippen molar-refractivity contribution in [1.82, 2.24) is 5.43 Å². The topological polar surface area (TPSA) is 142 Å². The van der Waals surface area contributed by atoms with Gasteiger partial charge in [0.05, 0.1) is 24.9 Å². The molecule has 182 valence electrons. The van der Waals surface area contributed by atoms with Crippen LogP contribution in [0.1, 0.15) is 28.6 Å². The van der Waals surface area contributed by atoms with E-state index < -0.39 is 16.8 Å². The number of non-ortho nitro benzene ring substituents is 1. The highest BCUT2D eigenvalue weighted by atomic mass is 16.6. The molecule has 0 saturated heterocycles. The fraction of sp³-hybridized carbons (Fsp3) is 0.208. The molecule has 0 aliphatic heterocycles. The number of esters is 1. The Kier molecular flexibility index (Phi) is 8.17. The van der Waals surface area contributed by atoms with E-state index in [9.17, 15) is 19.7 Å². The van der Waals surface area contributed by atoms with Crippen LogP contribution in [0.3, 0.4) is 0 Å². The zero-order valence-corrected chi connectivity index (χ0v) is 19.1. The first-order valence-electron chi connectivity index (χ1n) is 10.5. The first-order valence-corrected chi connectivity index (χ1v) is 10.5. The van der Waals surface area contributed by atoms with Crippen molar-refractivity contribution in [3.05, 3.63) is 76.1 Å². The van der Waals surface area contributed by atoms with Crippen LogP contribution in [0.5, 0.6) is 11.5 Å². The summed E-state index contributed by atoms with van der Waals surface area (Å²) < 4.78 is 21.3. The molecule has 1 aromatic heterocycles. The van der Waals surface area contributed by atoms with Crippen LogP contribution in [0.25, 0.3) is 11.0 Å². The summed E-state index contributed by atoms with van der Waals surface area (Å²) in [5.41, 5.74) is 3.88. The van der Waals surface area contributed by atoms with Crippen LogP contribution in [0, 0.1) is 10.1 Å². The van der Waals surface area contributed by atoms with Gasteiger partial charge in [-0.2, -0.15) is 5.10 Å². The number of hydrazone groups is 1. The Morgan fingerprint density at radius 1 is 1.23 bits per heavy atom. The molecule has 0 radical (unpaired) electrons. The third kappa shape index (κ3) is 6.22. The molecule has 1 amide bonds. The van der Waals surface area contributed by atoms with E-state index in [1.165, 1.54) is 37.6 Å². The molecular formula is C24H23N3O8. The Morgan fingerprint density at radius 3 is 2.71 bits per heavy atom. The molecule has 0 fully saturated rings. The fourth-order valence-electron chi connectivity index (χ4n) is 3.16. The van der Waals surface area contributed by atoms with Gasteiger partial charge >= 0.3 is 11.9 Å². The average molecular weight is 481 g/mol. The molecule has 3 aromatic rings. The Labute approximate surface area is 200 Å². The maximum Gasteiger partial charge on any atom is 0.343 e. The number of nitro benzene ring substituents is 1. The molecule has 0 saturated carbocycles. The van der Waals surface area contributed by atoms with Gasteiger partial charge in [-0.1, -0.05) is 6.08 Å². The van der Waals surface area contributed by atoms with E-state index in [0.29, 0.717) is 46.6 Å². The largest absolute Gasteiger partial charge is 0.490 e. The van der Waals surface area contributed by atoms with Gasteiger partial charge in [-0.25, -0.2) is 10.2 Å². The highest BCUT2D eigenvalue weighted by Gasteiger charge is 2.16. The molecular weight excluding hydrogens is 458 g/mol. The molecule has 1 N–H and O–H groups in total. The Bertz CT molecular complexity index is 1300. The number of ether oxygens (including phenoxy) is 3. The zero-order valence-electron chi connectivity index (χ0n) is 19.1. The molecule has 0 atom stereocenters. The van der Waals surface area contributed by atoms with Crippen LogP contribution in [-0.2, 0) is 16.0 Å². The monoisotopic (exact) mass is 481 g/mol. The number of nitrogens with one attached hydrogen (secondary N) is 1. The van der Waals surface area contributed by atoms with E-state index in [-0.39, 0.29) is 18.1 Å². The van der Waals surface area contributed by atoms with E-state index in [1.54, 1.807) is 25.1 Å². The number of fused-ring (bicyclic) bond motifs is 1. The maximum absolute atomic E-state index is 12.4. The summed E-state index contributed by atoms with van der Waals surface area (Å²) in [4.78, 5) is 34.3. The molecule has 11 nitrogen and oxygen atoms in total. The van der Waals surface area contributed by atoms with Crippen molar-refractivity contribution >= 4 is 34.7 Å². The number of hydrogen-bond acceptors (Lipinski definition) is 9. The van der Waals surface area contributed by atoms with Gasteiger partial charge in [0.25, 0.3) is 5.69 Å². The van der Waals surface area contributed by atoms with Gasteiger partial charge in [0.2, 0.25) is 0 Å². The first-order chi connectivity index (χ1) is 16.9. The van der Waals surface area contributed by atoms with Crippen LogP contribution in [-0.4, -0.2) is 43.3 Å². The molecule has 3 rings (SSSR count). The third-order valence-electron chi connectivity index (χ3n) is 4.69. The summed E-state index contributed by atoms with van der Waals surface area (Å²) in [5.74, 6) is -0.441. The number of furan rings is 1. The third-order valence-corrected chi connectivity index (χ3v) is 4.69. The average Bonchev–Trinajstić information content (AvgIpc) is 3.27. The Balaban J connectivity index is 1.79. The number of allylic oxidation sites excluding steroid dienone is 1. The molecule has 1 heterocycles. The molecule has 0 bridgehead atoms. The van der Waals surface area contributed by atoms with Crippen molar-refractivity contribution in [1.29, 1.82) is 0 Å². The van der Waals surface area contributed by atoms with Gasteiger partial charge in [-0.15, -0.1) is 6.58 Å². The Hall–Kier alpha value is -4.67. The van der Waals surface area contributed by atoms with Gasteiger partial charge in [0, 0.05) is 23.1 Å². The molecule has 2 aromatic carbocycles. The van der Waals surface area contributed by atoms with E-state index in [1.807, 2.05) is 0 Å². The van der Waals surface area contributed by atoms with Crippen molar-refractivity contribution in [2.24, 2.45) is 5.10 Å². The highest BCUT2D eigenvalue weighted by Crippen LogP contribution is 2.33. The molecule has 35 heavy (non-hydrogen) atoms. The number of rotatable bonds is 11. The highest BCUT2D eigenvalue weighted by molar-refractivity contribution is 5.97. The van der Waals surface area contributed by atoms with Crippen LogP contribution in [0.2, 0.25) is 0 Å². The van der Waals surface area contributed by atoms with Crippen molar-refractivity contribution in [2.45, 2.75) is 13.3 Å². The molecule has 11 heteroatoms. The summed E-state index contributed by atoms with van der Waals surface area (Å²) in [5, 5.41) is 15.3. The zero-order chi connectivity index (χ0) is 25.4. The predicted molar refractivity (Wildman–Crippen MR) is 127 cm³/mol. The number of benzene rings is 2. The van der Waals surface area contributed by atoms with E-state index in [4.69, 9.17) is 13.9 Å². The van der Waals surface area contributed by atoms with E-state index in [0.717, 1.165) is 0 Å². The van der Waals surface area contributed by atoms with Crippen LogP contribution >= 0.6 is 0 Å². The van der Waals surface area contributed by atoms with Crippen LogP contribution in [0.15, 0.2) is 58.6 Å². The first kappa shape index (κ1) is 25.0. The standard InChI is InChI=1S/C24H23N3O8/c1-4-6-16-9-15(10-20(33-5-2)23(16)34-14-22(28)32-3)13-25-26-24(29)21-12-17-11-18(27(30)31)7-8-19(17)35-21/h4,7-13H,1,5-6,14H2,2-3H3,(H,26,29)/b25-13+. The van der Waals surface area contributed by atoms with Crippen molar-refractivity contribution in [2.75, 3.05) is 20.3 Å². The van der Waals surface area contributed by atoms with E-state index >= 15 is 0 Å². The lowest BCUT2D eigenvalue weighted by molar-refractivity contribution is -0.384. The minimum absolute atomic E-state index is 0.0495. The fourth-order valence-corrected chi connectivity index (χ4v) is 3.16. The minimum Gasteiger partial charge on any atom is -0.490 e. The lowest BCUT2D eigenvalue weighted by atomic mass is 10.1. The summed E-state index contributed by atoms with van der Waals surface area (Å²) in [6.07, 6.45) is 3.50. The van der Waals surface area contributed by atoms with E-state index in [2.05, 4.69) is 21.8 Å². The molecule has 0 aliphatic rings. The number of hydrogen-bond donors (Lipinski definition) is 1. The van der Waals surface area contributed by atoms with Crippen LogP contribution < -0.4 is 14.9 Å². The number of carbonyl (C=O) groups is 2. The van der Waals surface area contributed by atoms with Gasteiger partial charge in [-0.05, 0) is 43.2 Å². The number of amides is 1. The lowest BCUT2D eigenvalue weighted by Gasteiger charge is -2.16. The van der Waals surface area contributed by atoms with Crippen molar-refractivity contribution in [3.63, 3.8) is 0 Å². The summed E-state index contributed by atoms with van der Waals surface area (Å²) in [6, 6.07) is 8.84. The number of carbonyl (C=O) groups excluding carboxylic acids is 2. The number of nitro groups is 1. The quantitative estimate of drug-likeness (QED) is 0.143. The van der Waals surface area contributed by atoms with Gasteiger partial charge in [0.1, 0.15) is 5.58 Å². The summed E-state index contributed by atoms with van der Waals surface area (Å²) in [7, 11) is 1.27. The lowest BCUT2D eigenvalue weighted by Crippen LogP contribution is -2.17. The number of nitrogens with zero attached hydrogens (tertiary/aromatic N) is 2. The summed E-state index contributed by atoms with van der Waals surface area (Å²) in [6.45, 7) is 5.61. The van der Waals surface area contributed by atoms with Crippen molar-refractivity contribution in [3.8, 4) is 11.5 Å². The molecule has 0 spiro atoms. The Morgan fingerprint density at radius 2 is 2.03 bits per heavy atom. The maximum atomic E-state index is 12.4. The van der Waals surface area contributed by atoms with Gasteiger partial charge in [-0.3, -0.25) is 14.9 Å². The minimum atomic E-state index is -0.630. The molecule has 0 aliphatic carbocycles. The van der Waals surface area contributed by atoms with Crippen LogP contribution in [0.4, 0.5) is 5.69 Å². The predicted octanol–water partition coefficient (Wildman–Crippen LogP) is 3.78. The molecule has 0 unspecified atom stereocenters. The second-order valence-corrected chi connectivity index (χ2v) is 7.09. The van der Waals surface area contributed by atoms with Gasteiger partial charge < -0.3 is 18.6 Å². The second-order valence-electron chi connectivity index (χ2n) is 7.09. The smallest absolute Gasteiger partial charge is 0.343 e. The van der Waals surface area contributed by atoms with Gasteiger partial charge in [0.15, 0.2) is 23.9 Å². The second kappa shape index (κ2) is 11.5. The normalized spacial score (nSPS) is 10.8. The number of methoxy groups -OCH3 is 1. The SMILES string of the molecule is C=CCc1cc(/C=N/NC(=O)c2cc3cc([N+](=O)[O-])ccc3o2)cc(OCC)c1OCC(=O)OC. The van der Waals surface area contributed by atoms with Crippen molar-refractivity contribution < 1.29 is 33.1 Å². The summed E-state index contributed by atoms with van der Waals surface area (Å²) >= 11 is 0.